The first-order valence-electron chi connectivity index (χ1n) is 5.02. The molecular weight excluding hydrogens is 266 g/mol. The monoisotopic (exact) mass is 279 g/mol. The third kappa shape index (κ3) is 4.06. The Morgan fingerprint density at radius 3 is 2.88 bits per heavy atom. The molecule has 0 aliphatic carbocycles. The van der Waals surface area contributed by atoms with Gasteiger partial charge in [0.05, 0.1) is 11.5 Å². The Morgan fingerprint density at radius 1 is 1.65 bits per heavy atom. The van der Waals surface area contributed by atoms with Crippen LogP contribution in [-0.2, 0) is 11.1 Å². The van der Waals surface area contributed by atoms with Gasteiger partial charge in [-0.25, -0.2) is 4.21 Å². The van der Waals surface area contributed by atoms with Crippen LogP contribution in [0.2, 0.25) is 0 Å². The van der Waals surface area contributed by atoms with Gasteiger partial charge in [-0.15, -0.1) is 0 Å². The molecule has 0 aliphatic heterocycles. The number of hydrogen-bond donors (Lipinski definition) is 1. The van der Waals surface area contributed by atoms with E-state index in [0.717, 1.165) is 24.2 Å². The van der Waals surface area contributed by atoms with Crippen LogP contribution in [0.1, 0.15) is 30.0 Å². The molecule has 0 aliphatic rings. The van der Waals surface area contributed by atoms with Crippen molar-refractivity contribution in [3.8, 4) is 5.06 Å². The van der Waals surface area contributed by atoms with Gasteiger partial charge in [0, 0.05) is 4.92 Å². The Morgan fingerprint density at radius 2 is 2.35 bits per heavy atom. The summed E-state index contributed by atoms with van der Waals surface area (Å²) >= 11 is -1.49. The molecule has 8 heteroatoms. The molecule has 2 atom stereocenters. The lowest BCUT2D eigenvalue weighted by Gasteiger charge is -2.02. The quantitative estimate of drug-likeness (QED) is 0.358. The molecule has 1 heterocycles. The van der Waals surface area contributed by atoms with Crippen LogP contribution in [0.15, 0.2) is 12.1 Å². The molecule has 96 valence electrons. The van der Waals surface area contributed by atoms with E-state index in [4.69, 9.17) is 9.29 Å². The first-order valence-corrected chi connectivity index (χ1v) is 7.00. The number of hydrogen-bond acceptors (Lipinski definition) is 5. The topological polar surface area (TPSA) is 89.7 Å². The van der Waals surface area contributed by atoms with Gasteiger partial charge in [0.2, 0.25) is 11.1 Å². The highest BCUT2D eigenvalue weighted by molar-refractivity contribution is 7.79. The molecule has 0 saturated heterocycles. The van der Waals surface area contributed by atoms with Gasteiger partial charge < -0.3 is 9.29 Å². The predicted molar refractivity (Wildman–Crippen MR) is 65.2 cm³/mol. The lowest BCUT2D eigenvalue weighted by molar-refractivity contribution is -0.502. The second-order valence-electron chi connectivity index (χ2n) is 3.27. The standard InChI is InChI=1S/C9H13NO5S2/c1-2-3-6-15-8-5-4-7(16-8)9(10(11)12)17(13)14/h4-5,9H,2-3,6H2,1H3,(H,13,14). The van der Waals surface area contributed by atoms with E-state index in [2.05, 4.69) is 0 Å². The van der Waals surface area contributed by atoms with Gasteiger partial charge in [0.15, 0.2) is 5.06 Å². The maximum atomic E-state index is 10.8. The number of nitrogens with zero attached hydrogens (tertiary/aromatic N) is 1. The highest BCUT2D eigenvalue weighted by Gasteiger charge is 2.31. The molecule has 0 amide bonds. The summed E-state index contributed by atoms with van der Waals surface area (Å²) in [6, 6.07) is 3.03. The van der Waals surface area contributed by atoms with Crippen LogP contribution < -0.4 is 4.74 Å². The molecule has 0 saturated carbocycles. The third-order valence-electron chi connectivity index (χ3n) is 1.97. The van der Waals surface area contributed by atoms with E-state index < -0.39 is 21.4 Å². The van der Waals surface area contributed by atoms with E-state index in [9.17, 15) is 14.3 Å². The molecule has 2 unspecified atom stereocenters. The van der Waals surface area contributed by atoms with Crippen molar-refractivity contribution >= 4 is 22.4 Å². The van der Waals surface area contributed by atoms with Crippen molar-refractivity contribution in [1.29, 1.82) is 0 Å². The van der Waals surface area contributed by atoms with Crippen molar-refractivity contribution < 1.29 is 18.4 Å². The number of unbranched alkanes of at least 4 members (excludes halogenated alkanes) is 1. The van der Waals surface area contributed by atoms with Gasteiger partial charge >= 0.3 is 5.37 Å². The second kappa shape index (κ2) is 6.67. The van der Waals surface area contributed by atoms with Crippen molar-refractivity contribution in [3.63, 3.8) is 0 Å². The fourth-order valence-corrected chi connectivity index (χ4v) is 2.79. The van der Waals surface area contributed by atoms with E-state index in [0.29, 0.717) is 11.7 Å². The largest absolute Gasteiger partial charge is 0.484 e. The maximum Gasteiger partial charge on any atom is 0.344 e. The summed E-state index contributed by atoms with van der Waals surface area (Å²) in [6.45, 7) is 2.57. The number of thiophene rings is 1. The minimum Gasteiger partial charge on any atom is -0.484 e. The average Bonchev–Trinajstić information content (AvgIpc) is 2.65. The molecule has 1 N–H and O–H groups in total. The molecular formula is C9H13NO5S2. The Bertz CT molecular complexity index is 392. The maximum absolute atomic E-state index is 10.8. The van der Waals surface area contributed by atoms with Crippen molar-refractivity contribution in [3.05, 3.63) is 27.1 Å². The lowest BCUT2D eigenvalue weighted by atomic mass is 10.4. The van der Waals surface area contributed by atoms with E-state index in [-0.39, 0.29) is 4.88 Å². The van der Waals surface area contributed by atoms with Gasteiger partial charge in [-0.05, 0) is 18.6 Å². The lowest BCUT2D eigenvalue weighted by Crippen LogP contribution is -2.14. The van der Waals surface area contributed by atoms with Crippen molar-refractivity contribution in [2.24, 2.45) is 0 Å². The number of rotatable bonds is 7. The van der Waals surface area contributed by atoms with Crippen LogP contribution in [0.3, 0.4) is 0 Å². The second-order valence-corrected chi connectivity index (χ2v) is 5.35. The molecule has 0 bridgehead atoms. The minimum absolute atomic E-state index is 0.224. The Balaban J connectivity index is 2.71. The molecule has 1 aromatic heterocycles. The van der Waals surface area contributed by atoms with Crippen LogP contribution in [-0.4, -0.2) is 20.3 Å². The van der Waals surface area contributed by atoms with Crippen LogP contribution >= 0.6 is 11.3 Å². The minimum atomic E-state index is -2.52. The fraction of sp³-hybridized carbons (Fsp3) is 0.556. The van der Waals surface area contributed by atoms with Gasteiger partial charge in [-0.1, -0.05) is 24.7 Å². The molecule has 6 nitrogen and oxygen atoms in total. The Kier molecular flexibility index (Phi) is 5.52. The van der Waals surface area contributed by atoms with Gasteiger partial charge in [0.25, 0.3) is 0 Å². The average molecular weight is 279 g/mol. The highest BCUT2D eigenvalue weighted by Crippen LogP contribution is 2.32. The first kappa shape index (κ1) is 14.1. The first-order chi connectivity index (χ1) is 8.06. The molecule has 0 aromatic carbocycles. The molecule has 0 spiro atoms. The van der Waals surface area contributed by atoms with Gasteiger partial charge in [0.1, 0.15) is 0 Å². The normalized spacial score (nSPS) is 14.2. The van der Waals surface area contributed by atoms with Crippen LogP contribution in [0.4, 0.5) is 0 Å². The smallest absolute Gasteiger partial charge is 0.344 e. The Labute approximate surface area is 105 Å². The molecule has 0 fully saturated rings. The summed E-state index contributed by atoms with van der Waals surface area (Å²) in [5, 5.41) is 9.57. The summed E-state index contributed by atoms with van der Waals surface area (Å²) in [5.74, 6) is 0. The highest BCUT2D eigenvalue weighted by atomic mass is 32.2. The van der Waals surface area contributed by atoms with Crippen molar-refractivity contribution in [2.45, 2.75) is 25.1 Å². The van der Waals surface area contributed by atoms with Crippen LogP contribution in [0.25, 0.3) is 0 Å². The predicted octanol–water partition coefficient (Wildman–Crippen LogP) is 2.42. The van der Waals surface area contributed by atoms with E-state index >= 15 is 0 Å². The summed E-state index contributed by atoms with van der Waals surface area (Å²) in [4.78, 5) is 10.1. The van der Waals surface area contributed by atoms with Crippen molar-refractivity contribution in [1.82, 2.24) is 0 Å². The zero-order valence-electron chi connectivity index (χ0n) is 9.20. The zero-order chi connectivity index (χ0) is 12.8. The molecule has 17 heavy (non-hydrogen) atoms. The van der Waals surface area contributed by atoms with Crippen molar-refractivity contribution in [2.75, 3.05) is 6.61 Å². The fourth-order valence-electron chi connectivity index (χ4n) is 1.14. The Hall–Kier alpha value is -0.990. The molecule has 1 rings (SSSR count). The summed E-state index contributed by atoms with van der Waals surface area (Å²) in [6.07, 6.45) is 1.90. The van der Waals surface area contributed by atoms with E-state index in [1.54, 1.807) is 6.07 Å². The van der Waals surface area contributed by atoms with Gasteiger partial charge in [-0.2, -0.15) is 0 Å². The summed E-state index contributed by atoms with van der Waals surface area (Å²) < 4.78 is 25.1. The van der Waals surface area contributed by atoms with Crippen LogP contribution in [0, 0.1) is 10.1 Å². The SMILES string of the molecule is CCCCOc1ccc(C([N+](=O)[O-])S(=O)O)s1. The third-order valence-corrected chi connectivity index (χ3v) is 3.98. The molecule has 0 radical (unpaired) electrons. The number of nitro groups is 1. The molecule has 1 aromatic rings. The van der Waals surface area contributed by atoms with E-state index in [1.165, 1.54) is 6.07 Å². The van der Waals surface area contributed by atoms with E-state index in [1.807, 2.05) is 6.92 Å². The zero-order valence-corrected chi connectivity index (χ0v) is 10.8. The van der Waals surface area contributed by atoms with Gasteiger partial charge in [-0.3, -0.25) is 10.1 Å². The summed E-state index contributed by atoms with van der Waals surface area (Å²) in [7, 11) is 0. The van der Waals surface area contributed by atoms with Crippen LogP contribution in [0.5, 0.6) is 5.06 Å². The summed E-state index contributed by atoms with van der Waals surface area (Å²) in [5.41, 5.74) is 0. The number of ether oxygens (including phenoxy) is 1.